The molecule has 0 aromatic heterocycles. The molecule has 0 aliphatic carbocycles. The van der Waals surface area contributed by atoms with Crippen LogP contribution in [-0.2, 0) is 5.33 Å². The van der Waals surface area contributed by atoms with Crippen LogP contribution in [0.2, 0.25) is 0 Å². The van der Waals surface area contributed by atoms with Crippen LogP contribution in [0, 0.1) is 0 Å². The van der Waals surface area contributed by atoms with Crippen molar-refractivity contribution in [3.8, 4) is 5.75 Å². The minimum atomic E-state index is -4.19. The molecular formula is C10H9Br2F3OS. The van der Waals surface area contributed by atoms with Gasteiger partial charge in [0.2, 0.25) is 0 Å². The van der Waals surface area contributed by atoms with E-state index < -0.39 is 5.51 Å². The lowest BCUT2D eigenvalue weighted by Crippen LogP contribution is -2.08. The van der Waals surface area contributed by atoms with Crippen LogP contribution in [0.4, 0.5) is 13.2 Å². The molecule has 1 rings (SSSR count). The first-order valence-electron chi connectivity index (χ1n) is 4.60. The summed E-state index contributed by atoms with van der Waals surface area (Å²) in [6.45, 7) is 0.0335. The molecule has 1 aromatic rings. The van der Waals surface area contributed by atoms with Crippen LogP contribution in [0.15, 0.2) is 22.7 Å². The van der Waals surface area contributed by atoms with Gasteiger partial charge in [0.1, 0.15) is 5.75 Å². The molecule has 0 bridgehead atoms. The number of hydrogen-bond donors (Lipinski definition) is 0. The normalized spacial score (nSPS) is 11.6. The van der Waals surface area contributed by atoms with Crippen LogP contribution >= 0.6 is 43.6 Å². The smallest absolute Gasteiger partial charge is 0.441 e. The highest BCUT2D eigenvalue weighted by Gasteiger charge is 2.27. The third kappa shape index (κ3) is 6.01. The van der Waals surface area contributed by atoms with Gasteiger partial charge < -0.3 is 4.74 Å². The molecule has 0 saturated heterocycles. The van der Waals surface area contributed by atoms with E-state index in [1.807, 2.05) is 6.07 Å². The van der Waals surface area contributed by atoms with Gasteiger partial charge in [0.25, 0.3) is 0 Å². The van der Waals surface area contributed by atoms with Crippen molar-refractivity contribution in [3.63, 3.8) is 0 Å². The average molecular weight is 394 g/mol. The molecule has 0 radical (unpaired) electrons. The molecule has 0 amide bonds. The monoisotopic (exact) mass is 392 g/mol. The Morgan fingerprint density at radius 1 is 1.29 bits per heavy atom. The summed E-state index contributed by atoms with van der Waals surface area (Å²) in [7, 11) is 0. The maximum Gasteiger partial charge on any atom is 0.441 e. The largest absolute Gasteiger partial charge is 0.492 e. The third-order valence-electron chi connectivity index (χ3n) is 1.77. The fourth-order valence-corrected chi connectivity index (χ4v) is 2.35. The number of hydrogen-bond acceptors (Lipinski definition) is 2. The Morgan fingerprint density at radius 3 is 2.59 bits per heavy atom. The molecule has 0 aliphatic rings. The van der Waals surface area contributed by atoms with E-state index in [4.69, 9.17) is 4.74 Å². The van der Waals surface area contributed by atoms with Crippen LogP contribution in [0.1, 0.15) is 5.56 Å². The molecule has 1 aromatic carbocycles. The van der Waals surface area contributed by atoms with Crippen molar-refractivity contribution in [1.29, 1.82) is 0 Å². The molecule has 0 heterocycles. The van der Waals surface area contributed by atoms with Crippen molar-refractivity contribution in [2.75, 3.05) is 12.4 Å². The summed E-state index contributed by atoms with van der Waals surface area (Å²) in [6.07, 6.45) is 0. The summed E-state index contributed by atoms with van der Waals surface area (Å²) in [5.41, 5.74) is -3.29. The number of halogens is 5. The van der Waals surface area contributed by atoms with Gasteiger partial charge >= 0.3 is 5.51 Å². The van der Waals surface area contributed by atoms with Gasteiger partial charge in [-0.25, -0.2) is 0 Å². The highest BCUT2D eigenvalue weighted by molar-refractivity contribution is 9.10. The standard InChI is InChI=1S/C10H9Br2F3OS/c11-6-7-5-8(12)1-2-9(7)16-3-4-17-10(13,14)15/h1-2,5H,3-4,6H2. The van der Waals surface area contributed by atoms with Crippen LogP contribution in [0.25, 0.3) is 0 Å². The lowest BCUT2D eigenvalue weighted by atomic mass is 10.2. The quantitative estimate of drug-likeness (QED) is 0.515. The van der Waals surface area contributed by atoms with E-state index in [1.165, 1.54) is 0 Å². The molecule has 17 heavy (non-hydrogen) atoms. The summed E-state index contributed by atoms with van der Waals surface area (Å²) >= 11 is 6.54. The number of benzene rings is 1. The van der Waals surface area contributed by atoms with Crippen LogP contribution in [0.3, 0.4) is 0 Å². The SMILES string of the molecule is FC(F)(F)SCCOc1ccc(Br)cc1CBr. The lowest BCUT2D eigenvalue weighted by molar-refractivity contribution is -0.0329. The minimum Gasteiger partial charge on any atom is -0.492 e. The van der Waals surface area contributed by atoms with E-state index in [-0.39, 0.29) is 24.1 Å². The minimum absolute atomic E-state index is 0.0335. The zero-order chi connectivity index (χ0) is 12.9. The zero-order valence-electron chi connectivity index (χ0n) is 8.56. The van der Waals surface area contributed by atoms with Gasteiger partial charge in [0.05, 0.1) is 6.61 Å². The Bertz CT molecular complexity index is 371. The Balaban J connectivity index is 2.46. The summed E-state index contributed by atoms with van der Waals surface area (Å²) in [4.78, 5) is 0. The second-order valence-electron chi connectivity index (χ2n) is 3.03. The van der Waals surface area contributed by atoms with Crippen LogP contribution in [0.5, 0.6) is 5.75 Å². The molecule has 96 valence electrons. The molecule has 7 heteroatoms. The molecule has 1 nitrogen and oxygen atoms in total. The predicted octanol–water partition coefficient (Wildman–Crippen LogP) is 4.98. The summed E-state index contributed by atoms with van der Waals surface area (Å²) in [5, 5.41) is 0.591. The predicted molar refractivity (Wildman–Crippen MR) is 70.8 cm³/mol. The molecule has 0 saturated carbocycles. The second-order valence-corrected chi connectivity index (χ2v) is 5.66. The van der Waals surface area contributed by atoms with Gasteiger partial charge in [-0.15, -0.1) is 0 Å². The molecule has 0 N–H and O–H groups in total. The van der Waals surface area contributed by atoms with Crippen molar-refractivity contribution in [3.05, 3.63) is 28.2 Å². The van der Waals surface area contributed by atoms with Crippen LogP contribution in [-0.4, -0.2) is 17.9 Å². The van der Waals surface area contributed by atoms with E-state index in [0.717, 1.165) is 10.0 Å². The number of alkyl halides is 4. The van der Waals surface area contributed by atoms with Crippen molar-refractivity contribution in [2.45, 2.75) is 10.8 Å². The summed E-state index contributed by atoms with van der Waals surface area (Å²) in [5.74, 6) is 0.495. The average Bonchev–Trinajstić information content (AvgIpc) is 2.24. The van der Waals surface area contributed by atoms with E-state index in [9.17, 15) is 13.2 Å². The molecule has 0 aliphatic heterocycles. The van der Waals surface area contributed by atoms with E-state index in [0.29, 0.717) is 11.1 Å². The van der Waals surface area contributed by atoms with Gasteiger partial charge in [0, 0.05) is 21.1 Å². The van der Waals surface area contributed by atoms with Gasteiger partial charge in [0.15, 0.2) is 0 Å². The molecular weight excluding hydrogens is 385 g/mol. The van der Waals surface area contributed by atoms with Gasteiger partial charge in [-0.3, -0.25) is 0 Å². The molecule has 0 fully saturated rings. The first-order valence-corrected chi connectivity index (χ1v) is 7.50. The molecule has 0 atom stereocenters. The van der Waals surface area contributed by atoms with Crippen molar-refractivity contribution in [1.82, 2.24) is 0 Å². The van der Waals surface area contributed by atoms with Crippen molar-refractivity contribution >= 4 is 43.6 Å². The van der Waals surface area contributed by atoms with Crippen LogP contribution < -0.4 is 4.74 Å². The first kappa shape index (κ1) is 15.2. The highest BCUT2D eigenvalue weighted by Crippen LogP contribution is 2.30. The third-order valence-corrected chi connectivity index (χ3v) is 3.57. The zero-order valence-corrected chi connectivity index (χ0v) is 12.5. The van der Waals surface area contributed by atoms with E-state index in [2.05, 4.69) is 31.9 Å². The Hall–Kier alpha value is 0.120. The fraction of sp³-hybridized carbons (Fsp3) is 0.400. The first-order chi connectivity index (χ1) is 7.92. The Labute approximate surface area is 118 Å². The van der Waals surface area contributed by atoms with Gasteiger partial charge in [-0.2, -0.15) is 13.2 Å². The Morgan fingerprint density at radius 2 is 2.00 bits per heavy atom. The summed E-state index contributed by atoms with van der Waals surface area (Å²) < 4.78 is 41.8. The molecule has 0 unspecified atom stereocenters. The van der Waals surface area contributed by atoms with Gasteiger partial charge in [-0.05, 0) is 30.0 Å². The highest BCUT2D eigenvalue weighted by atomic mass is 79.9. The van der Waals surface area contributed by atoms with E-state index >= 15 is 0 Å². The number of thioether (sulfide) groups is 1. The topological polar surface area (TPSA) is 9.23 Å². The second kappa shape index (κ2) is 6.89. The lowest BCUT2D eigenvalue weighted by Gasteiger charge is -2.11. The van der Waals surface area contributed by atoms with Crippen molar-refractivity contribution < 1.29 is 17.9 Å². The van der Waals surface area contributed by atoms with Gasteiger partial charge in [-0.1, -0.05) is 31.9 Å². The number of rotatable bonds is 5. The maximum atomic E-state index is 11.9. The Kier molecular flexibility index (Phi) is 6.16. The number of ether oxygens (including phenoxy) is 1. The van der Waals surface area contributed by atoms with Crippen molar-refractivity contribution in [2.24, 2.45) is 0 Å². The maximum absolute atomic E-state index is 11.9. The summed E-state index contributed by atoms with van der Waals surface area (Å²) in [6, 6.07) is 5.39. The van der Waals surface area contributed by atoms with E-state index in [1.54, 1.807) is 12.1 Å². The molecule has 0 spiro atoms. The fourth-order valence-electron chi connectivity index (χ4n) is 1.10.